The van der Waals surface area contributed by atoms with E-state index in [4.69, 9.17) is 5.73 Å². The first kappa shape index (κ1) is 10.2. The maximum absolute atomic E-state index is 9.61. The van der Waals surface area contributed by atoms with Gasteiger partial charge < -0.3 is 10.8 Å². The molecule has 0 aliphatic heterocycles. The van der Waals surface area contributed by atoms with E-state index in [2.05, 4.69) is 11.4 Å². The summed E-state index contributed by atoms with van der Waals surface area (Å²) < 4.78 is 0. The minimum absolute atomic E-state index is 0.359. The molecule has 15 heavy (non-hydrogen) atoms. The lowest BCUT2D eigenvalue weighted by molar-refractivity contribution is 0.469. The number of hydrogen-bond donors (Lipinski definition) is 2. The highest BCUT2D eigenvalue weighted by Gasteiger charge is 2.03. The highest BCUT2D eigenvalue weighted by molar-refractivity contribution is 7.10. The highest BCUT2D eigenvalue weighted by atomic mass is 32.1. The van der Waals surface area contributed by atoms with E-state index >= 15 is 0 Å². The summed E-state index contributed by atoms with van der Waals surface area (Å²) in [6.45, 7) is 0.589. The molecular weight excluding hydrogens is 206 g/mol. The molecule has 0 aliphatic rings. The number of phenolic OH excluding ortho intramolecular Hbond substituents is 1. The average Bonchev–Trinajstić information content (AvgIpc) is 2.69. The lowest BCUT2D eigenvalue weighted by atomic mass is 10.1. The van der Waals surface area contributed by atoms with E-state index in [0.29, 0.717) is 12.3 Å². The molecule has 0 saturated carbocycles. The van der Waals surface area contributed by atoms with Gasteiger partial charge >= 0.3 is 0 Å². The number of aromatic hydroxyl groups is 1. The number of nitrogens with two attached hydrogens (primary N) is 1. The Morgan fingerprint density at radius 1 is 1.27 bits per heavy atom. The number of benzene rings is 1. The summed E-state index contributed by atoms with van der Waals surface area (Å²) in [4.78, 5) is 1.18. The van der Waals surface area contributed by atoms with Crippen LogP contribution < -0.4 is 5.73 Å². The molecule has 0 radical (unpaired) electrons. The van der Waals surface area contributed by atoms with Gasteiger partial charge in [-0.1, -0.05) is 18.2 Å². The number of thiophene rings is 1. The number of rotatable bonds is 3. The lowest BCUT2D eigenvalue weighted by Gasteiger charge is -2.01. The van der Waals surface area contributed by atoms with Gasteiger partial charge in [0.1, 0.15) is 5.75 Å². The first-order valence-corrected chi connectivity index (χ1v) is 5.71. The van der Waals surface area contributed by atoms with E-state index < -0.39 is 0 Å². The minimum atomic E-state index is 0.359. The summed E-state index contributed by atoms with van der Waals surface area (Å²) in [5.74, 6) is 0.359. The van der Waals surface area contributed by atoms with Crippen molar-refractivity contribution in [2.75, 3.05) is 0 Å². The molecular formula is C12H13NOS. The van der Waals surface area contributed by atoms with Gasteiger partial charge in [-0.05, 0) is 28.6 Å². The Morgan fingerprint density at radius 2 is 2.07 bits per heavy atom. The van der Waals surface area contributed by atoms with Crippen LogP contribution in [0.4, 0.5) is 0 Å². The average molecular weight is 219 g/mol. The molecule has 78 valence electrons. The molecule has 0 bridgehead atoms. The molecule has 3 heteroatoms. The smallest absolute Gasteiger partial charge is 0.119 e. The molecule has 1 aromatic heterocycles. The van der Waals surface area contributed by atoms with Crippen LogP contribution in [0.3, 0.4) is 0 Å². The van der Waals surface area contributed by atoms with Crippen molar-refractivity contribution in [2.24, 2.45) is 5.73 Å². The highest BCUT2D eigenvalue weighted by Crippen LogP contribution is 2.22. The molecule has 0 aliphatic carbocycles. The van der Waals surface area contributed by atoms with Crippen molar-refractivity contribution in [2.45, 2.75) is 13.0 Å². The third-order valence-corrected chi connectivity index (χ3v) is 3.30. The molecule has 0 saturated heterocycles. The van der Waals surface area contributed by atoms with E-state index in [1.165, 1.54) is 10.4 Å². The molecule has 0 spiro atoms. The van der Waals surface area contributed by atoms with E-state index in [1.807, 2.05) is 18.2 Å². The third-order valence-electron chi connectivity index (χ3n) is 2.30. The first-order chi connectivity index (χ1) is 7.29. The van der Waals surface area contributed by atoms with Gasteiger partial charge in [0.2, 0.25) is 0 Å². The molecule has 1 heterocycles. The second-order valence-electron chi connectivity index (χ2n) is 3.43. The maximum Gasteiger partial charge on any atom is 0.119 e. The van der Waals surface area contributed by atoms with Crippen LogP contribution >= 0.6 is 11.3 Å². The molecule has 2 aromatic rings. The van der Waals surface area contributed by atoms with Crippen LogP contribution in [-0.4, -0.2) is 5.11 Å². The Morgan fingerprint density at radius 3 is 2.73 bits per heavy atom. The Labute approximate surface area is 93.0 Å². The van der Waals surface area contributed by atoms with Gasteiger partial charge in [-0.3, -0.25) is 0 Å². The van der Waals surface area contributed by atoms with E-state index in [-0.39, 0.29) is 0 Å². The molecule has 2 nitrogen and oxygen atoms in total. The standard InChI is InChI=1S/C12H13NOS/c13-7-11-6-9(8-15-11)5-10-3-1-2-4-12(10)14/h1-4,6,8,14H,5,7,13H2. The molecule has 0 fully saturated rings. The van der Waals surface area contributed by atoms with E-state index in [0.717, 1.165) is 12.0 Å². The predicted octanol–water partition coefficient (Wildman–Crippen LogP) is 2.50. The van der Waals surface area contributed by atoms with Crippen molar-refractivity contribution >= 4 is 11.3 Å². The first-order valence-electron chi connectivity index (χ1n) is 4.83. The fraction of sp³-hybridized carbons (Fsp3) is 0.167. The number of hydrogen-bond acceptors (Lipinski definition) is 3. The van der Waals surface area contributed by atoms with Crippen LogP contribution in [0.15, 0.2) is 35.7 Å². The van der Waals surface area contributed by atoms with Crippen molar-refractivity contribution in [3.8, 4) is 5.75 Å². The molecule has 0 atom stereocenters. The Hall–Kier alpha value is -1.32. The molecule has 1 aromatic carbocycles. The molecule has 3 N–H and O–H groups in total. The van der Waals surface area contributed by atoms with E-state index in [9.17, 15) is 5.11 Å². The Kier molecular flexibility index (Phi) is 3.04. The topological polar surface area (TPSA) is 46.2 Å². The van der Waals surface area contributed by atoms with Crippen LogP contribution in [0, 0.1) is 0 Å². The van der Waals surface area contributed by atoms with Gasteiger partial charge in [0.05, 0.1) is 0 Å². The van der Waals surface area contributed by atoms with Gasteiger partial charge in [0.25, 0.3) is 0 Å². The SMILES string of the molecule is NCc1cc(Cc2ccccc2O)cs1. The normalized spacial score (nSPS) is 10.5. The van der Waals surface area contributed by atoms with Crippen molar-refractivity contribution in [1.82, 2.24) is 0 Å². The largest absolute Gasteiger partial charge is 0.508 e. The van der Waals surface area contributed by atoms with Crippen LogP contribution in [0.1, 0.15) is 16.0 Å². The third kappa shape index (κ3) is 2.37. The van der Waals surface area contributed by atoms with Gasteiger partial charge in [0.15, 0.2) is 0 Å². The zero-order valence-corrected chi connectivity index (χ0v) is 9.13. The van der Waals surface area contributed by atoms with Crippen molar-refractivity contribution in [1.29, 1.82) is 0 Å². The van der Waals surface area contributed by atoms with Crippen molar-refractivity contribution in [3.63, 3.8) is 0 Å². The maximum atomic E-state index is 9.61. The van der Waals surface area contributed by atoms with Gasteiger partial charge in [0, 0.05) is 17.8 Å². The summed E-state index contributed by atoms with van der Waals surface area (Å²) in [6, 6.07) is 9.51. The fourth-order valence-corrected chi connectivity index (χ4v) is 2.28. The molecule has 0 amide bonds. The van der Waals surface area contributed by atoms with Gasteiger partial charge in [-0.2, -0.15) is 0 Å². The summed E-state index contributed by atoms with van der Waals surface area (Å²) in [5, 5.41) is 11.7. The van der Waals surface area contributed by atoms with Crippen molar-refractivity contribution < 1.29 is 5.11 Å². The lowest BCUT2D eigenvalue weighted by Crippen LogP contribution is -1.92. The number of phenols is 1. The Balaban J connectivity index is 2.18. The summed E-state index contributed by atoms with van der Waals surface area (Å²) in [6.07, 6.45) is 0.767. The van der Waals surface area contributed by atoms with Crippen molar-refractivity contribution in [3.05, 3.63) is 51.7 Å². The summed E-state index contributed by atoms with van der Waals surface area (Å²) >= 11 is 1.67. The van der Waals surface area contributed by atoms with E-state index in [1.54, 1.807) is 17.4 Å². The Bertz CT molecular complexity index is 450. The minimum Gasteiger partial charge on any atom is -0.508 e. The predicted molar refractivity (Wildman–Crippen MR) is 63.1 cm³/mol. The van der Waals surface area contributed by atoms with Gasteiger partial charge in [-0.15, -0.1) is 11.3 Å². The second kappa shape index (κ2) is 4.47. The monoisotopic (exact) mass is 219 g/mol. The molecule has 2 rings (SSSR count). The van der Waals surface area contributed by atoms with Crippen LogP contribution in [0.5, 0.6) is 5.75 Å². The fourth-order valence-electron chi connectivity index (χ4n) is 1.51. The van der Waals surface area contributed by atoms with Crippen LogP contribution in [-0.2, 0) is 13.0 Å². The summed E-state index contributed by atoms with van der Waals surface area (Å²) in [7, 11) is 0. The zero-order valence-electron chi connectivity index (χ0n) is 8.31. The quantitative estimate of drug-likeness (QED) is 0.833. The summed E-state index contributed by atoms with van der Waals surface area (Å²) in [5.41, 5.74) is 7.71. The zero-order chi connectivity index (χ0) is 10.7. The van der Waals surface area contributed by atoms with Crippen LogP contribution in [0.2, 0.25) is 0 Å². The molecule has 0 unspecified atom stereocenters. The van der Waals surface area contributed by atoms with Gasteiger partial charge in [-0.25, -0.2) is 0 Å². The van der Waals surface area contributed by atoms with Crippen LogP contribution in [0.25, 0.3) is 0 Å². The second-order valence-corrected chi connectivity index (χ2v) is 4.43. The number of para-hydroxylation sites is 1.